The summed E-state index contributed by atoms with van der Waals surface area (Å²) in [6, 6.07) is 8.09. The molecule has 2 aliphatic rings. The van der Waals surface area contributed by atoms with Gasteiger partial charge in [-0.2, -0.15) is 0 Å². The number of nitrogens with zero attached hydrogens (tertiary/aromatic N) is 3. The van der Waals surface area contributed by atoms with Crippen molar-refractivity contribution in [1.29, 1.82) is 0 Å². The Bertz CT molecular complexity index is 587. The molecular weight excluding hydrogens is 415 g/mol. The monoisotopic (exact) mass is 442 g/mol. The number of halogens is 1. The largest absolute Gasteiger partial charge is 0.370 e. The van der Waals surface area contributed by atoms with Crippen LogP contribution in [0.1, 0.15) is 38.2 Å². The Labute approximate surface area is 161 Å². The minimum Gasteiger partial charge on any atom is -0.370 e. The van der Waals surface area contributed by atoms with Crippen molar-refractivity contribution < 1.29 is 4.79 Å². The number of likely N-dealkylation sites (tertiary alicyclic amines) is 1. The summed E-state index contributed by atoms with van der Waals surface area (Å²) in [5.41, 5.74) is 8.23. The fourth-order valence-electron chi connectivity index (χ4n) is 3.37. The van der Waals surface area contributed by atoms with E-state index >= 15 is 0 Å². The van der Waals surface area contributed by atoms with Gasteiger partial charge in [-0.15, -0.1) is 24.0 Å². The van der Waals surface area contributed by atoms with Crippen molar-refractivity contribution in [3.05, 3.63) is 29.8 Å². The number of piperidine rings is 1. The van der Waals surface area contributed by atoms with Gasteiger partial charge < -0.3 is 15.5 Å². The first-order chi connectivity index (χ1) is 11.1. The van der Waals surface area contributed by atoms with Crippen LogP contribution in [0.25, 0.3) is 0 Å². The molecule has 132 valence electrons. The van der Waals surface area contributed by atoms with Crippen LogP contribution in [0.3, 0.4) is 0 Å². The van der Waals surface area contributed by atoms with E-state index in [-0.39, 0.29) is 29.9 Å². The lowest BCUT2D eigenvalue weighted by atomic mass is 10.0. The summed E-state index contributed by atoms with van der Waals surface area (Å²) in [6.45, 7) is 5.69. The Hall–Kier alpha value is -1.31. The van der Waals surface area contributed by atoms with E-state index in [1.807, 2.05) is 29.2 Å². The SMILES string of the molecule is CC1CCCN(C(N)=NCc2ccc(N3CCCC3=O)cc2)C1.I. The van der Waals surface area contributed by atoms with Gasteiger partial charge in [0.05, 0.1) is 6.54 Å². The highest BCUT2D eigenvalue weighted by Crippen LogP contribution is 2.22. The quantitative estimate of drug-likeness (QED) is 0.445. The predicted octanol–water partition coefficient (Wildman–Crippen LogP) is 2.98. The number of carbonyl (C=O) groups is 1. The molecular formula is C18H27IN4O. The first kappa shape index (κ1) is 19.0. The van der Waals surface area contributed by atoms with Crippen LogP contribution in [-0.4, -0.2) is 36.4 Å². The number of aliphatic imine (C=N–C) groups is 1. The lowest BCUT2D eigenvalue weighted by molar-refractivity contribution is -0.117. The molecule has 2 heterocycles. The maximum atomic E-state index is 11.8. The van der Waals surface area contributed by atoms with Gasteiger partial charge in [-0.3, -0.25) is 4.79 Å². The molecule has 2 N–H and O–H groups in total. The molecule has 0 bridgehead atoms. The molecule has 1 amide bonds. The molecule has 1 unspecified atom stereocenters. The average Bonchev–Trinajstić information content (AvgIpc) is 2.99. The average molecular weight is 442 g/mol. The Morgan fingerprint density at radius 2 is 2.00 bits per heavy atom. The summed E-state index contributed by atoms with van der Waals surface area (Å²) in [6.07, 6.45) is 4.09. The maximum Gasteiger partial charge on any atom is 0.227 e. The highest BCUT2D eigenvalue weighted by molar-refractivity contribution is 14.0. The van der Waals surface area contributed by atoms with E-state index in [4.69, 9.17) is 5.73 Å². The Balaban J connectivity index is 0.00000208. The number of amides is 1. The summed E-state index contributed by atoms with van der Waals surface area (Å²) < 4.78 is 0. The van der Waals surface area contributed by atoms with E-state index in [0.717, 1.165) is 37.3 Å². The van der Waals surface area contributed by atoms with Gasteiger partial charge >= 0.3 is 0 Å². The van der Waals surface area contributed by atoms with Crippen LogP contribution in [0.15, 0.2) is 29.3 Å². The molecule has 2 saturated heterocycles. The summed E-state index contributed by atoms with van der Waals surface area (Å²) in [5, 5.41) is 0. The number of anilines is 1. The van der Waals surface area contributed by atoms with Gasteiger partial charge in [0, 0.05) is 31.7 Å². The van der Waals surface area contributed by atoms with Gasteiger partial charge in [-0.05, 0) is 42.9 Å². The third-order valence-corrected chi connectivity index (χ3v) is 4.73. The van der Waals surface area contributed by atoms with Crippen molar-refractivity contribution in [2.24, 2.45) is 16.6 Å². The smallest absolute Gasteiger partial charge is 0.227 e. The predicted molar refractivity (Wildman–Crippen MR) is 109 cm³/mol. The summed E-state index contributed by atoms with van der Waals surface area (Å²) in [5.74, 6) is 1.56. The zero-order valence-corrected chi connectivity index (χ0v) is 16.6. The summed E-state index contributed by atoms with van der Waals surface area (Å²) >= 11 is 0. The van der Waals surface area contributed by atoms with Crippen molar-refractivity contribution >= 4 is 41.5 Å². The highest BCUT2D eigenvalue weighted by atomic mass is 127. The van der Waals surface area contributed by atoms with Crippen molar-refractivity contribution in [2.75, 3.05) is 24.5 Å². The second kappa shape index (κ2) is 8.69. The van der Waals surface area contributed by atoms with Crippen LogP contribution >= 0.6 is 24.0 Å². The number of hydrogen-bond acceptors (Lipinski definition) is 2. The number of benzene rings is 1. The standard InChI is InChI=1S/C18H26N4O.HI/c1-14-4-2-10-21(13-14)18(19)20-12-15-6-8-16(9-7-15)22-11-3-5-17(22)23;/h6-9,14H,2-5,10-13H2,1H3,(H2,19,20);1H. The third-order valence-electron chi connectivity index (χ3n) is 4.73. The lowest BCUT2D eigenvalue weighted by Gasteiger charge is -2.31. The topological polar surface area (TPSA) is 61.9 Å². The van der Waals surface area contributed by atoms with Crippen LogP contribution in [0.2, 0.25) is 0 Å². The van der Waals surface area contributed by atoms with Crippen molar-refractivity contribution in [1.82, 2.24) is 4.90 Å². The first-order valence-electron chi connectivity index (χ1n) is 8.57. The highest BCUT2D eigenvalue weighted by Gasteiger charge is 2.21. The number of rotatable bonds is 3. The fraction of sp³-hybridized carbons (Fsp3) is 0.556. The molecule has 24 heavy (non-hydrogen) atoms. The number of guanidine groups is 1. The van der Waals surface area contributed by atoms with E-state index in [1.54, 1.807) is 0 Å². The van der Waals surface area contributed by atoms with Crippen molar-refractivity contribution in [3.63, 3.8) is 0 Å². The molecule has 3 rings (SSSR count). The Morgan fingerprint density at radius 1 is 1.25 bits per heavy atom. The molecule has 1 aromatic carbocycles. The molecule has 0 radical (unpaired) electrons. The summed E-state index contributed by atoms with van der Waals surface area (Å²) in [4.78, 5) is 20.3. The zero-order chi connectivity index (χ0) is 16.2. The molecule has 1 atom stereocenters. The zero-order valence-electron chi connectivity index (χ0n) is 14.3. The van der Waals surface area contributed by atoms with Crippen LogP contribution in [0, 0.1) is 5.92 Å². The van der Waals surface area contributed by atoms with Crippen LogP contribution in [0.5, 0.6) is 0 Å². The summed E-state index contributed by atoms with van der Waals surface area (Å²) in [7, 11) is 0. The molecule has 2 aliphatic heterocycles. The lowest BCUT2D eigenvalue weighted by Crippen LogP contribution is -2.43. The van der Waals surface area contributed by atoms with E-state index in [0.29, 0.717) is 24.8 Å². The van der Waals surface area contributed by atoms with E-state index in [2.05, 4.69) is 16.8 Å². The Morgan fingerprint density at radius 3 is 2.62 bits per heavy atom. The van der Waals surface area contributed by atoms with Crippen LogP contribution < -0.4 is 10.6 Å². The van der Waals surface area contributed by atoms with E-state index < -0.39 is 0 Å². The third kappa shape index (κ3) is 4.62. The molecule has 6 heteroatoms. The Kier molecular flexibility index (Phi) is 6.89. The fourth-order valence-corrected chi connectivity index (χ4v) is 3.37. The molecule has 5 nitrogen and oxygen atoms in total. The van der Waals surface area contributed by atoms with Gasteiger partial charge in [-0.25, -0.2) is 4.99 Å². The van der Waals surface area contributed by atoms with E-state index in [1.165, 1.54) is 12.8 Å². The number of hydrogen-bond donors (Lipinski definition) is 1. The maximum absolute atomic E-state index is 11.8. The molecule has 2 fully saturated rings. The van der Waals surface area contributed by atoms with Crippen molar-refractivity contribution in [2.45, 2.75) is 39.2 Å². The van der Waals surface area contributed by atoms with Gasteiger partial charge in [0.25, 0.3) is 0 Å². The molecule has 0 aromatic heterocycles. The van der Waals surface area contributed by atoms with Gasteiger partial charge in [0.1, 0.15) is 0 Å². The van der Waals surface area contributed by atoms with Gasteiger partial charge in [-0.1, -0.05) is 19.1 Å². The van der Waals surface area contributed by atoms with E-state index in [9.17, 15) is 4.79 Å². The minimum atomic E-state index is 0. The van der Waals surface area contributed by atoms with Gasteiger partial charge in [0.15, 0.2) is 5.96 Å². The van der Waals surface area contributed by atoms with Crippen LogP contribution in [-0.2, 0) is 11.3 Å². The minimum absolute atomic E-state index is 0. The first-order valence-corrected chi connectivity index (χ1v) is 8.57. The second-order valence-corrected chi connectivity index (χ2v) is 6.68. The van der Waals surface area contributed by atoms with Crippen LogP contribution in [0.4, 0.5) is 5.69 Å². The second-order valence-electron chi connectivity index (χ2n) is 6.68. The molecule has 1 aromatic rings. The molecule has 0 spiro atoms. The molecule has 0 saturated carbocycles. The van der Waals surface area contributed by atoms with Gasteiger partial charge in [0.2, 0.25) is 5.91 Å². The number of carbonyl (C=O) groups excluding carboxylic acids is 1. The normalized spacial score (nSPS) is 21.8. The number of nitrogens with two attached hydrogens (primary N) is 1. The molecule has 0 aliphatic carbocycles. The van der Waals surface area contributed by atoms with Crippen molar-refractivity contribution in [3.8, 4) is 0 Å².